The van der Waals surface area contributed by atoms with Gasteiger partial charge < -0.3 is 10.4 Å². The Labute approximate surface area is 135 Å². The van der Waals surface area contributed by atoms with Crippen molar-refractivity contribution >= 4 is 27.4 Å². The number of anilines is 1. The molecule has 1 aromatic rings. The molecule has 124 valence electrons. The van der Waals surface area contributed by atoms with Crippen LogP contribution in [0.5, 0.6) is 0 Å². The van der Waals surface area contributed by atoms with E-state index in [0.717, 1.165) is 6.26 Å². The number of sulfone groups is 1. The summed E-state index contributed by atoms with van der Waals surface area (Å²) in [6, 6.07) is 4.49. The molecule has 7 heteroatoms. The Morgan fingerprint density at radius 3 is 2.35 bits per heavy atom. The van der Waals surface area contributed by atoms with E-state index in [-0.39, 0.29) is 4.90 Å². The number of carbonyl (C=O) groups is 2. The summed E-state index contributed by atoms with van der Waals surface area (Å²) in [7, 11) is -3.38. The molecule has 0 aliphatic heterocycles. The van der Waals surface area contributed by atoms with Crippen LogP contribution in [0.3, 0.4) is 0 Å². The fourth-order valence-electron chi connectivity index (χ4n) is 2.57. The number of hydrogen-bond donors (Lipinski definition) is 2. The van der Waals surface area contributed by atoms with E-state index in [1.807, 2.05) is 0 Å². The zero-order valence-electron chi connectivity index (χ0n) is 12.9. The van der Waals surface area contributed by atoms with Crippen molar-refractivity contribution in [3.63, 3.8) is 0 Å². The predicted octanol–water partition coefficient (Wildman–Crippen LogP) is 2.00. The molecule has 0 spiro atoms. The summed E-state index contributed by atoms with van der Waals surface area (Å²) >= 11 is 0. The number of carboxylic acid groups (broad SMARTS) is 1. The van der Waals surface area contributed by atoms with Gasteiger partial charge >= 0.3 is 5.97 Å². The van der Waals surface area contributed by atoms with Gasteiger partial charge in [0.05, 0.1) is 16.7 Å². The van der Waals surface area contributed by atoms with Crippen LogP contribution in [0.15, 0.2) is 35.2 Å². The third-order valence-electron chi connectivity index (χ3n) is 3.98. The molecule has 1 aliphatic carbocycles. The Morgan fingerprint density at radius 1 is 1.17 bits per heavy atom. The van der Waals surface area contributed by atoms with Gasteiger partial charge in [-0.15, -0.1) is 0 Å². The molecule has 0 fully saturated rings. The van der Waals surface area contributed by atoms with Crippen LogP contribution in [0.4, 0.5) is 5.69 Å². The molecule has 1 amide bonds. The maximum atomic E-state index is 12.4. The first-order valence-corrected chi connectivity index (χ1v) is 9.08. The van der Waals surface area contributed by atoms with Gasteiger partial charge in [-0.05, 0) is 37.5 Å². The maximum absolute atomic E-state index is 12.4. The topological polar surface area (TPSA) is 101 Å². The van der Waals surface area contributed by atoms with Crippen molar-refractivity contribution in [1.82, 2.24) is 0 Å². The molecule has 0 saturated carbocycles. The number of carboxylic acids is 1. The molecule has 0 bridgehead atoms. The zero-order valence-corrected chi connectivity index (χ0v) is 13.8. The lowest BCUT2D eigenvalue weighted by atomic mass is 9.82. The van der Waals surface area contributed by atoms with Gasteiger partial charge in [0, 0.05) is 11.9 Å². The minimum atomic E-state index is -3.38. The Bertz CT molecular complexity index is 767. The Morgan fingerprint density at radius 2 is 1.78 bits per heavy atom. The van der Waals surface area contributed by atoms with Gasteiger partial charge in [0.25, 0.3) is 0 Å². The first-order valence-electron chi connectivity index (χ1n) is 7.19. The molecule has 0 radical (unpaired) electrons. The van der Waals surface area contributed by atoms with E-state index in [9.17, 15) is 23.1 Å². The molecule has 0 heterocycles. The highest BCUT2D eigenvalue weighted by molar-refractivity contribution is 7.90. The molecule has 23 heavy (non-hydrogen) atoms. The number of carbonyl (C=O) groups excluding carboxylic acids is 1. The van der Waals surface area contributed by atoms with E-state index >= 15 is 0 Å². The fraction of sp³-hybridized carbons (Fsp3) is 0.375. The van der Waals surface area contributed by atoms with Crippen LogP contribution in [0.25, 0.3) is 0 Å². The summed E-state index contributed by atoms with van der Waals surface area (Å²) in [5.74, 6) is -2.84. The number of nitrogens with one attached hydrogen (secondary N) is 1. The number of amides is 1. The van der Waals surface area contributed by atoms with Crippen molar-refractivity contribution in [3.8, 4) is 0 Å². The quantitative estimate of drug-likeness (QED) is 0.819. The van der Waals surface area contributed by atoms with E-state index in [2.05, 4.69) is 5.32 Å². The lowest BCUT2D eigenvalue weighted by Gasteiger charge is -2.24. The first-order chi connectivity index (χ1) is 10.7. The van der Waals surface area contributed by atoms with Gasteiger partial charge in [0.15, 0.2) is 9.84 Å². The third kappa shape index (κ3) is 3.98. The lowest BCUT2D eigenvalue weighted by molar-refractivity contribution is -0.146. The summed E-state index contributed by atoms with van der Waals surface area (Å²) in [4.78, 5) is 23.8. The van der Waals surface area contributed by atoms with Crippen molar-refractivity contribution in [3.05, 3.63) is 35.9 Å². The largest absolute Gasteiger partial charge is 0.481 e. The molecule has 1 aromatic carbocycles. The number of rotatable bonds is 4. The molecule has 0 unspecified atom stereocenters. The van der Waals surface area contributed by atoms with Crippen molar-refractivity contribution < 1.29 is 23.1 Å². The van der Waals surface area contributed by atoms with E-state index in [0.29, 0.717) is 24.1 Å². The molecule has 2 atom stereocenters. The molecule has 2 N–H and O–H groups in total. The summed E-state index contributed by atoms with van der Waals surface area (Å²) in [6.45, 7) is 1.75. The highest BCUT2D eigenvalue weighted by atomic mass is 32.2. The van der Waals surface area contributed by atoms with Gasteiger partial charge in [-0.2, -0.15) is 0 Å². The van der Waals surface area contributed by atoms with Crippen LogP contribution in [-0.2, 0) is 19.4 Å². The summed E-state index contributed by atoms with van der Waals surface area (Å²) in [6.07, 6.45) is 5.32. The lowest BCUT2D eigenvalue weighted by Crippen LogP contribution is -2.34. The fourth-order valence-corrected chi connectivity index (χ4v) is 3.22. The van der Waals surface area contributed by atoms with Gasteiger partial charge in [-0.25, -0.2) is 8.42 Å². The van der Waals surface area contributed by atoms with Crippen molar-refractivity contribution in [2.75, 3.05) is 11.6 Å². The van der Waals surface area contributed by atoms with E-state index < -0.39 is 33.5 Å². The van der Waals surface area contributed by atoms with Crippen LogP contribution in [0.1, 0.15) is 18.4 Å². The van der Waals surface area contributed by atoms with E-state index in [1.165, 1.54) is 12.1 Å². The van der Waals surface area contributed by atoms with E-state index in [1.54, 1.807) is 25.1 Å². The molecular weight excluding hydrogens is 318 g/mol. The maximum Gasteiger partial charge on any atom is 0.307 e. The average molecular weight is 337 g/mol. The molecule has 2 rings (SSSR count). The number of allylic oxidation sites excluding steroid dienone is 2. The molecule has 6 nitrogen and oxygen atoms in total. The molecule has 0 aromatic heterocycles. The second kappa shape index (κ2) is 6.54. The van der Waals surface area contributed by atoms with Crippen molar-refractivity contribution in [1.29, 1.82) is 0 Å². The predicted molar refractivity (Wildman–Crippen MR) is 85.9 cm³/mol. The number of benzene rings is 1. The third-order valence-corrected chi connectivity index (χ3v) is 5.09. The number of hydrogen-bond acceptors (Lipinski definition) is 4. The van der Waals surface area contributed by atoms with Crippen molar-refractivity contribution in [2.24, 2.45) is 11.8 Å². The Kier molecular flexibility index (Phi) is 4.89. The Hall–Kier alpha value is -2.15. The molecule has 0 saturated heterocycles. The van der Waals surface area contributed by atoms with Crippen molar-refractivity contribution in [2.45, 2.75) is 24.7 Å². The molecule has 1 aliphatic rings. The van der Waals surface area contributed by atoms with Crippen LogP contribution in [0, 0.1) is 18.8 Å². The monoisotopic (exact) mass is 337 g/mol. The Balaban J connectivity index is 2.26. The second-order valence-corrected chi connectivity index (χ2v) is 7.75. The minimum Gasteiger partial charge on any atom is -0.481 e. The minimum absolute atomic E-state index is 0.108. The van der Waals surface area contributed by atoms with Gasteiger partial charge in [-0.1, -0.05) is 18.2 Å². The second-order valence-electron chi connectivity index (χ2n) is 5.73. The first kappa shape index (κ1) is 17.2. The number of aliphatic carboxylic acids is 1. The average Bonchev–Trinajstić information content (AvgIpc) is 2.48. The smallest absolute Gasteiger partial charge is 0.307 e. The SMILES string of the molecule is Cc1ccc(S(C)(=O)=O)cc1NC(=O)[C@H]1CC=CC[C@H]1C(=O)O. The normalized spacial score (nSPS) is 21.0. The van der Waals surface area contributed by atoms with Gasteiger partial charge in [0.2, 0.25) is 5.91 Å². The van der Waals surface area contributed by atoms with Crippen LogP contribution in [0.2, 0.25) is 0 Å². The summed E-state index contributed by atoms with van der Waals surface area (Å²) in [5.41, 5.74) is 1.10. The van der Waals surface area contributed by atoms with Gasteiger partial charge in [0.1, 0.15) is 0 Å². The van der Waals surface area contributed by atoms with Crippen LogP contribution in [-0.4, -0.2) is 31.7 Å². The van der Waals surface area contributed by atoms with Crippen LogP contribution < -0.4 is 5.32 Å². The molecular formula is C16H19NO5S. The van der Waals surface area contributed by atoms with Gasteiger partial charge in [-0.3, -0.25) is 9.59 Å². The highest BCUT2D eigenvalue weighted by Crippen LogP contribution is 2.28. The van der Waals surface area contributed by atoms with E-state index in [4.69, 9.17) is 0 Å². The summed E-state index contributed by atoms with van der Waals surface area (Å²) < 4.78 is 23.3. The standard InChI is InChI=1S/C16H19NO5S/c1-10-7-8-11(23(2,21)22)9-14(10)17-15(18)12-5-3-4-6-13(12)16(19)20/h3-4,7-9,12-13H,5-6H2,1-2H3,(H,17,18)(H,19,20)/t12-,13+/m0/s1. The zero-order chi connectivity index (χ0) is 17.2. The number of aryl methyl sites for hydroxylation is 1. The highest BCUT2D eigenvalue weighted by Gasteiger charge is 2.34. The summed E-state index contributed by atoms with van der Waals surface area (Å²) in [5, 5.41) is 11.9. The van der Waals surface area contributed by atoms with Crippen LogP contribution >= 0.6 is 0 Å².